The lowest BCUT2D eigenvalue weighted by Gasteiger charge is -2.10. The molecule has 1 heterocycles. The summed E-state index contributed by atoms with van der Waals surface area (Å²) in [5.41, 5.74) is 2.29. The Kier molecular flexibility index (Phi) is 4.50. The standard InChI is InChI=1S/C16H17N3O3/c1-9(16(21)22)12-4-6-13(7-5-12)19-15(20)14-8-17-11(3)18-10(14)2/h4-9H,1-3H3,(H,19,20)(H,21,22)/t9-/m1/s1. The van der Waals surface area contributed by atoms with Gasteiger partial charge in [0.25, 0.3) is 5.91 Å². The summed E-state index contributed by atoms with van der Waals surface area (Å²) in [4.78, 5) is 31.3. The number of aliphatic carboxylic acids is 1. The Morgan fingerprint density at radius 2 is 1.82 bits per heavy atom. The monoisotopic (exact) mass is 299 g/mol. The highest BCUT2D eigenvalue weighted by Crippen LogP contribution is 2.19. The zero-order chi connectivity index (χ0) is 16.3. The van der Waals surface area contributed by atoms with Crippen LogP contribution in [0.15, 0.2) is 30.5 Å². The van der Waals surface area contributed by atoms with Crippen molar-refractivity contribution in [3.63, 3.8) is 0 Å². The minimum Gasteiger partial charge on any atom is -0.481 e. The average molecular weight is 299 g/mol. The number of hydrogen-bond donors (Lipinski definition) is 2. The molecule has 1 aromatic carbocycles. The van der Waals surface area contributed by atoms with E-state index in [4.69, 9.17) is 5.11 Å². The Balaban J connectivity index is 2.13. The normalized spacial score (nSPS) is 11.8. The van der Waals surface area contributed by atoms with Crippen LogP contribution in [0.2, 0.25) is 0 Å². The molecule has 0 aliphatic rings. The van der Waals surface area contributed by atoms with Crippen molar-refractivity contribution in [3.8, 4) is 0 Å². The predicted molar refractivity (Wildman–Crippen MR) is 82.0 cm³/mol. The lowest BCUT2D eigenvalue weighted by molar-refractivity contribution is -0.138. The first-order valence-corrected chi connectivity index (χ1v) is 6.83. The zero-order valence-electron chi connectivity index (χ0n) is 12.6. The lowest BCUT2D eigenvalue weighted by Crippen LogP contribution is -2.15. The third-order valence-electron chi connectivity index (χ3n) is 3.38. The molecule has 2 aromatic rings. The molecule has 6 heteroatoms. The molecule has 0 aliphatic carbocycles. The molecule has 1 atom stereocenters. The second kappa shape index (κ2) is 6.34. The van der Waals surface area contributed by atoms with Gasteiger partial charge in [0, 0.05) is 11.9 Å². The molecule has 0 radical (unpaired) electrons. The third kappa shape index (κ3) is 3.46. The number of hydrogen-bond acceptors (Lipinski definition) is 4. The number of amides is 1. The smallest absolute Gasteiger partial charge is 0.310 e. The van der Waals surface area contributed by atoms with Crippen LogP contribution in [-0.2, 0) is 4.79 Å². The maximum Gasteiger partial charge on any atom is 0.310 e. The van der Waals surface area contributed by atoms with Crippen molar-refractivity contribution in [2.24, 2.45) is 0 Å². The molecule has 1 amide bonds. The molecule has 0 unspecified atom stereocenters. The molecule has 0 saturated carbocycles. The molecule has 0 saturated heterocycles. The largest absolute Gasteiger partial charge is 0.481 e. The fraction of sp³-hybridized carbons (Fsp3) is 0.250. The van der Waals surface area contributed by atoms with Gasteiger partial charge in [0.1, 0.15) is 5.82 Å². The van der Waals surface area contributed by atoms with Crippen LogP contribution in [-0.4, -0.2) is 27.0 Å². The van der Waals surface area contributed by atoms with Crippen LogP contribution in [0.1, 0.15) is 40.3 Å². The van der Waals surface area contributed by atoms with E-state index in [-0.39, 0.29) is 5.91 Å². The summed E-state index contributed by atoms with van der Waals surface area (Å²) in [6.45, 7) is 5.13. The first-order valence-electron chi connectivity index (χ1n) is 6.83. The quantitative estimate of drug-likeness (QED) is 0.905. The molecule has 2 rings (SSSR count). The summed E-state index contributed by atoms with van der Waals surface area (Å²) in [5.74, 6) is -1.15. The van der Waals surface area contributed by atoms with Gasteiger partial charge in [-0.1, -0.05) is 12.1 Å². The molecule has 0 spiro atoms. The van der Waals surface area contributed by atoms with Gasteiger partial charge in [-0.25, -0.2) is 9.97 Å². The Labute approximate surface area is 128 Å². The van der Waals surface area contributed by atoms with Crippen LogP contribution < -0.4 is 5.32 Å². The van der Waals surface area contributed by atoms with Gasteiger partial charge < -0.3 is 10.4 Å². The second-order valence-electron chi connectivity index (χ2n) is 5.05. The van der Waals surface area contributed by atoms with E-state index >= 15 is 0 Å². The number of benzene rings is 1. The number of rotatable bonds is 4. The van der Waals surface area contributed by atoms with Crippen molar-refractivity contribution in [1.82, 2.24) is 9.97 Å². The zero-order valence-corrected chi connectivity index (χ0v) is 12.6. The van der Waals surface area contributed by atoms with Crippen LogP contribution in [0, 0.1) is 13.8 Å². The van der Waals surface area contributed by atoms with Crippen LogP contribution >= 0.6 is 0 Å². The Morgan fingerprint density at radius 1 is 1.18 bits per heavy atom. The highest BCUT2D eigenvalue weighted by molar-refractivity contribution is 6.04. The summed E-state index contributed by atoms with van der Waals surface area (Å²) >= 11 is 0. The molecule has 6 nitrogen and oxygen atoms in total. The van der Waals surface area contributed by atoms with E-state index in [2.05, 4.69) is 15.3 Å². The number of carbonyl (C=O) groups excluding carboxylic acids is 1. The molecule has 114 valence electrons. The van der Waals surface area contributed by atoms with E-state index < -0.39 is 11.9 Å². The van der Waals surface area contributed by atoms with Crippen LogP contribution in [0.3, 0.4) is 0 Å². The second-order valence-corrected chi connectivity index (χ2v) is 5.05. The molecule has 1 aromatic heterocycles. The van der Waals surface area contributed by atoms with Crippen molar-refractivity contribution in [2.75, 3.05) is 5.32 Å². The summed E-state index contributed by atoms with van der Waals surface area (Å²) in [7, 11) is 0. The fourth-order valence-corrected chi connectivity index (χ4v) is 2.00. The number of aryl methyl sites for hydroxylation is 2. The number of aromatic nitrogens is 2. The summed E-state index contributed by atoms with van der Waals surface area (Å²) in [6, 6.07) is 6.73. The number of nitrogens with one attached hydrogen (secondary N) is 1. The van der Waals surface area contributed by atoms with Crippen LogP contribution in [0.5, 0.6) is 0 Å². The van der Waals surface area contributed by atoms with Gasteiger partial charge in [0.2, 0.25) is 0 Å². The van der Waals surface area contributed by atoms with Gasteiger partial charge in [-0.3, -0.25) is 9.59 Å². The van der Waals surface area contributed by atoms with Crippen molar-refractivity contribution in [3.05, 3.63) is 53.1 Å². The molecule has 0 fully saturated rings. The Bertz CT molecular complexity index is 711. The fourth-order valence-electron chi connectivity index (χ4n) is 2.00. The minimum atomic E-state index is -0.885. The molecular formula is C16H17N3O3. The predicted octanol–water partition coefficient (Wildman–Crippen LogP) is 2.53. The van der Waals surface area contributed by atoms with Gasteiger partial charge in [-0.15, -0.1) is 0 Å². The van der Waals surface area contributed by atoms with E-state index in [0.29, 0.717) is 28.3 Å². The first kappa shape index (κ1) is 15.6. The molecule has 2 N–H and O–H groups in total. The van der Waals surface area contributed by atoms with Crippen molar-refractivity contribution in [1.29, 1.82) is 0 Å². The number of anilines is 1. The number of carboxylic acids is 1. The van der Waals surface area contributed by atoms with Gasteiger partial charge in [0.15, 0.2) is 0 Å². The summed E-state index contributed by atoms with van der Waals surface area (Å²) in [5, 5.41) is 11.7. The topological polar surface area (TPSA) is 92.2 Å². The lowest BCUT2D eigenvalue weighted by atomic mass is 10.0. The third-order valence-corrected chi connectivity index (χ3v) is 3.38. The first-order chi connectivity index (χ1) is 10.4. The van der Waals surface area contributed by atoms with E-state index in [0.717, 1.165) is 0 Å². The molecular weight excluding hydrogens is 282 g/mol. The molecule has 0 bridgehead atoms. The number of nitrogens with zero attached hydrogens (tertiary/aromatic N) is 2. The SMILES string of the molecule is Cc1ncc(C(=O)Nc2ccc([C@@H](C)C(=O)O)cc2)c(C)n1. The highest BCUT2D eigenvalue weighted by atomic mass is 16.4. The summed E-state index contributed by atoms with van der Waals surface area (Å²) < 4.78 is 0. The van der Waals surface area contributed by atoms with Gasteiger partial charge in [-0.05, 0) is 38.5 Å². The summed E-state index contributed by atoms with van der Waals surface area (Å²) in [6.07, 6.45) is 1.49. The van der Waals surface area contributed by atoms with Gasteiger partial charge in [0.05, 0.1) is 17.2 Å². The maximum absolute atomic E-state index is 12.2. The minimum absolute atomic E-state index is 0.295. The average Bonchev–Trinajstić information content (AvgIpc) is 2.47. The van der Waals surface area contributed by atoms with Crippen molar-refractivity contribution >= 4 is 17.6 Å². The van der Waals surface area contributed by atoms with E-state index in [9.17, 15) is 9.59 Å². The molecule has 22 heavy (non-hydrogen) atoms. The highest BCUT2D eigenvalue weighted by Gasteiger charge is 2.14. The van der Waals surface area contributed by atoms with Crippen LogP contribution in [0.25, 0.3) is 0 Å². The van der Waals surface area contributed by atoms with Crippen molar-refractivity contribution < 1.29 is 14.7 Å². The van der Waals surface area contributed by atoms with Gasteiger partial charge in [-0.2, -0.15) is 0 Å². The Hall–Kier alpha value is -2.76. The van der Waals surface area contributed by atoms with Crippen LogP contribution in [0.4, 0.5) is 5.69 Å². The van der Waals surface area contributed by atoms with E-state index in [1.54, 1.807) is 45.0 Å². The van der Waals surface area contributed by atoms with E-state index in [1.165, 1.54) is 6.20 Å². The van der Waals surface area contributed by atoms with E-state index in [1.807, 2.05) is 0 Å². The maximum atomic E-state index is 12.2. The Morgan fingerprint density at radius 3 is 2.36 bits per heavy atom. The number of carboxylic acid groups (broad SMARTS) is 1. The number of carbonyl (C=O) groups is 2. The molecule has 0 aliphatic heterocycles. The van der Waals surface area contributed by atoms with Gasteiger partial charge >= 0.3 is 5.97 Å². The van der Waals surface area contributed by atoms with Crippen molar-refractivity contribution in [2.45, 2.75) is 26.7 Å².